The molecule has 1 aromatic carbocycles. The number of rotatable bonds is 6. The lowest BCUT2D eigenvalue weighted by atomic mass is 9.72. The molecule has 0 N–H and O–H groups in total. The molecule has 4 heterocycles. The third kappa shape index (κ3) is 4.63. The first kappa shape index (κ1) is 25.4. The van der Waals surface area contributed by atoms with Gasteiger partial charge in [0.2, 0.25) is 6.04 Å². The Kier molecular flexibility index (Phi) is 6.30. The number of pyridine rings is 1. The van der Waals surface area contributed by atoms with Crippen LogP contribution in [0.1, 0.15) is 54.1 Å². The highest BCUT2D eigenvalue weighted by Crippen LogP contribution is 2.43. The molecule has 0 amide bonds. The summed E-state index contributed by atoms with van der Waals surface area (Å²) >= 11 is 0. The molecule has 11 heteroatoms. The Morgan fingerprint density at radius 2 is 2.00 bits per heavy atom. The molecule has 3 aromatic heterocycles. The van der Waals surface area contributed by atoms with Crippen LogP contribution >= 0.6 is 0 Å². The third-order valence-corrected chi connectivity index (χ3v) is 8.12. The van der Waals surface area contributed by atoms with Gasteiger partial charge in [0, 0.05) is 44.9 Å². The zero-order chi connectivity index (χ0) is 27.3. The van der Waals surface area contributed by atoms with Crippen LogP contribution in [-0.2, 0) is 19.8 Å². The maximum absolute atomic E-state index is 14.2. The fourth-order valence-electron chi connectivity index (χ4n) is 5.91. The maximum atomic E-state index is 14.2. The quantitative estimate of drug-likeness (QED) is 0.337. The van der Waals surface area contributed by atoms with Gasteiger partial charge in [0.25, 0.3) is 0 Å². The molecule has 0 bridgehead atoms. The molecule has 39 heavy (non-hydrogen) atoms. The minimum absolute atomic E-state index is 0.0176. The molecule has 0 unspecified atom stereocenters. The number of hydrogen-bond acceptors (Lipinski definition) is 4. The van der Waals surface area contributed by atoms with Crippen molar-refractivity contribution in [1.29, 1.82) is 0 Å². The lowest BCUT2D eigenvalue weighted by Gasteiger charge is -2.33. The van der Waals surface area contributed by atoms with E-state index in [0.29, 0.717) is 36.7 Å². The van der Waals surface area contributed by atoms with Crippen molar-refractivity contribution in [3.63, 3.8) is 0 Å². The molecule has 8 nitrogen and oxygen atoms in total. The van der Waals surface area contributed by atoms with Crippen molar-refractivity contribution in [3.05, 3.63) is 93.5 Å². The summed E-state index contributed by atoms with van der Waals surface area (Å²) in [5.41, 5.74) is 0.248. The first-order valence-electron chi connectivity index (χ1n) is 13.1. The second-order valence-corrected chi connectivity index (χ2v) is 10.7. The highest BCUT2D eigenvalue weighted by Gasteiger charge is 2.36. The Hall–Kier alpha value is -3.91. The number of hydrogen-bond donors (Lipinski definition) is 0. The maximum Gasteiger partial charge on any atom is 0.418 e. The molecule has 1 saturated heterocycles. The number of imidazole rings is 1. The number of halogens is 3. The fraction of sp³-hybridized carbons (Fsp3) is 0.429. The summed E-state index contributed by atoms with van der Waals surface area (Å²) in [5, 5.41) is 8.39. The minimum Gasteiger partial charge on any atom is -0.320 e. The SMILES string of the molecule is [C-]#[N+][C@H]1CCN(Cc2cc(C(F)(F)F)c3cn(-c4cccc([C@H](c5nncn5C)C5CCC5)c4)c(=O)n3c2)C1. The van der Waals surface area contributed by atoms with Gasteiger partial charge in [0.1, 0.15) is 12.2 Å². The summed E-state index contributed by atoms with van der Waals surface area (Å²) in [6.45, 7) is 8.63. The zero-order valence-electron chi connectivity index (χ0n) is 21.5. The van der Waals surface area contributed by atoms with Gasteiger partial charge in [-0.25, -0.2) is 11.4 Å². The van der Waals surface area contributed by atoms with Crippen molar-refractivity contribution < 1.29 is 13.2 Å². The van der Waals surface area contributed by atoms with E-state index >= 15 is 0 Å². The van der Waals surface area contributed by atoms with Crippen LogP contribution in [0, 0.1) is 12.5 Å². The molecule has 6 rings (SSSR count). The van der Waals surface area contributed by atoms with Crippen LogP contribution in [0.2, 0.25) is 0 Å². The molecule has 1 aliphatic carbocycles. The number of nitrogens with zero attached hydrogens (tertiary/aromatic N) is 7. The summed E-state index contributed by atoms with van der Waals surface area (Å²) < 4.78 is 46.8. The molecule has 2 fully saturated rings. The highest BCUT2D eigenvalue weighted by molar-refractivity contribution is 5.58. The summed E-state index contributed by atoms with van der Waals surface area (Å²) in [5.74, 6) is 1.20. The molecule has 2 aliphatic rings. The van der Waals surface area contributed by atoms with Crippen molar-refractivity contribution in [2.75, 3.05) is 13.1 Å². The summed E-state index contributed by atoms with van der Waals surface area (Å²) in [4.78, 5) is 19.1. The standard InChI is InChI=1S/C28H28F3N7O/c1-32-21-9-10-36(15-21)13-18-11-23(28(29,30)31)24-16-37(27(39)38(24)14-18)22-8-4-7-20(12-22)25(19-5-3-6-19)26-34-33-17-35(26)2/h4,7-8,11-12,14,16-17,19,21,25H,3,5-6,9-10,13,15H2,2H3/t21-,25+/m0/s1. The molecular formula is C28H28F3N7O. The fourth-order valence-corrected chi connectivity index (χ4v) is 5.91. The van der Waals surface area contributed by atoms with Gasteiger partial charge in [-0.05, 0) is 48.1 Å². The lowest BCUT2D eigenvalue weighted by molar-refractivity contribution is -0.136. The Morgan fingerprint density at radius 3 is 2.64 bits per heavy atom. The van der Waals surface area contributed by atoms with E-state index in [4.69, 9.17) is 6.57 Å². The Bertz CT molecular complexity index is 1620. The Morgan fingerprint density at radius 1 is 1.18 bits per heavy atom. The minimum atomic E-state index is -4.63. The molecule has 2 atom stereocenters. The van der Waals surface area contributed by atoms with E-state index < -0.39 is 17.4 Å². The van der Waals surface area contributed by atoms with Gasteiger partial charge in [-0.2, -0.15) is 13.2 Å². The van der Waals surface area contributed by atoms with Gasteiger partial charge in [-0.3, -0.25) is 13.9 Å². The van der Waals surface area contributed by atoms with Gasteiger partial charge >= 0.3 is 11.9 Å². The van der Waals surface area contributed by atoms with Crippen LogP contribution in [0.3, 0.4) is 0 Å². The largest absolute Gasteiger partial charge is 0.418 e. The van der Waals surface area contributed by atoms with E-state index in [2.05, 4.69) is 15.0 Å². The average Bonchev–Trinajstić information content (AvgIpc) is 3.60. The smallest absolute Gasteiger partial charge is 0.320 e. The number of fused-ring (bicyclic) bond motifs is 1. The predicted molar refractivity (Wildman–Crippen MR) is 138 cm³/mol. The van der Waals surface area contributed by atoms with Crippen LogP contribution in [0.5, 0.6) is 0 Å². The zero-order valence-corrected chi connectivity index (χ0v) is 21.5. The van der Waals surface area contributed by atoms with Gasteiger partial charge < -0.3 is 9.41 Å². The van der Waals surface area contributed by atoms with Crippen molar-refractivity contribution in [2.45, 2.75) is 50.4 Å². The van der Waals surface area contributed by atoms with Crippen LogP contribution in [-0.4, -0.2) is 47.8 Å². The van der Waals surface area contributed by atoms with Crippen LogP contribution < -0.4 is 5.69 Å². The van der Waals surface area contributed by atoms with E-state index in [1.54, 1.807) is 12.4 Å². The summed E-state index contributed by atoms with van der Waals surface area (Å²) in [6.07, 6.45) is 3.76. The molecule has 1 aliphatic heterocycles. The predicted octanol–water partition coefficient (Wildman–Crippen LogP) is 4.66. The number of alkyl halides is 3. The molecule has 0 radical (unpaired) electrons. The average molecular weight is 536 g/mol. The van der Waals surface area contributed by atoms with Crippen molar-refractivity contribution in [3.8, 4) is 5.69 Å². The first-order chi connectivity index (χ1) is 18.7. The van der Waals surface area contributed by atoms with Crippen LogP contribution in [0.15, 0.2) is 53.8 Å². The Labute approximate surface area is 223 Å². The molecule has 4 aromatic rings. The van der Waals surface area contributed by atoms with Gasteiger partial charge in [-0.15, -0.1) is 10.2 Å². The topological polar surface area (TPSA) is 64.7 Å². The summed E-state index contributed by atoms with van der Waals surface area (Å²) in [6, 6.07) is 8.41. The third-order valence-electron chi connectivity index (χ3n) is 8.12. The highest BCUT2D eigenvalue weighted by atomic mass is 19.4. The van der Waals surface area contributed by atoms with Gasteiger partial charge in [0.15, 0.2) is 0 Å². The first-order valence-corrected chi connectivity index (χ1v) is 13.1. The number of benzene rings is 1. The number of aromatic nitrogens is 5. The molecule has 0 spiro atoms. The normalized spacial score (nSPS) is 19.3. The van der Waals surface area contributed by atoms with Gasteiger partial charge in [0.05, 0.1) is 23.3 Å². The number of likely N-dealkylation sites (tertiary alicyclic amines) is 1. The molecular weight excluding hydrogens is 507 g/mol. The van der Waals surface area contributed by atoms with Crippen LogP contribution in [0.4, 0.5) is 13.2 Å². The van der Waals surface area contributed by atoms with E-state index in [1.807, 2.05) is 34.7 Å². The molecule has 202 valence electrons. The monoisotopic (exact) mass is 535 g/mol. The van der Waals surface area contributed by atoms with Crippen molar-refractivity contribution >= 4 is 5.52 Å². The van der Waals surface area contributed by atoms with Gasteiger partial charge in [-0.1, -0.05) is 18.6 Å². The lowest BCUT2D eigenvalue weighted by Crippen LogP contribution is -2.24. The van der Waals surface area contributed by atoms with E-state index in [1.165, 1.54) is 17.0 Å². The molecule has 1 saturated carbocycles. The summed E-state index contributed by atoms with van der Waals surface area (Å²) in [7, 11) is 1.90. The Balaban J connectivity index is 1.42. The van der Waals surface area contributed by atoms with Crippen molar-refractivity contribution in [1.82, 2.24) is 28.6 Å². The van der Waals surface area contributed by atoms with E-state index in [0.717, 1.165) is 41.1 Å². The van der Waals surface area contributed by atoms with E-state index in [9.17, 15) is 18.0 Å². The second-order valence-electron chi connectivity index (χ2n) is 10.7. The van der Waals surface area contributed by atoms with Crippen molar-refractivity contribution in [2.24, 2.45) is 13.0 Å². The van der Waals surface area contributed by atoms with E-state index in [-0.39, 0.29) is 24.0 Å². The van der Waals surface area contributed by atoms with Crippen LogP contribution in [0.25, 0.3) is 16.0 Å². The second kappa shape index (κ2) is 9.68. The number of aryl methyl sites for hydroxylation is 1.